The Morgan fingerprint density at radius 1 is 1.11 bits per heavy atom. The van der Waals surface area contributed by atoms with Crippen molar-refractivity contribution >= 4 is 27.9 Å². The summed E-state index contributed by atoms with van der Waals surface area (Å²) in [4.78, 5) is 22.8. The Morgan fingerprint density at radius 3 is 2.06 bits per heavy atom. The molecule has 1 aromatic rings. The highest BCUT2D eigenvalue weighted by molar-refractivity contribution is 9.10. The number of methoxy groups -OCH3 is 2. The van der Waals surface area contributed by atoms with Crippen LogP contribution in [-0.2, 0) is 19.1 Å². The van der Waals surface area contributed by atoms with Crippen molar-refractivity contribution in [2.75, 3.05) is 14.2 Å². The second kappa shape index (κ2) is 7.16. The molecule has 0 saturated carbocycles. The van der Waals surface area contributed by atoms with E-state index < -0.39 is 0 Å². The summed E-state index contributed by atoms with van der Waals surface area (Å²) >= 11 is 3.42. The normalized spacial score (nSPS) is 10.2. The van der Waals surface area contributed by atoms with E-state index >= 15 is 0 Å². The fourth-order valence-electron chi connectivity index (χ4n) is 1.67. The highest BCUT2D eigenvalue weighted by Crippen LogP contribution is 2.30. The first-order valence-corrected chi connectivity index (χ1v) is 6.25. The molecule has 0 aliphatic rings. The standard InChI is InChI=1S/C13H15BrO4/c1-17-12(15)7-9(8-13(16)18-2)10-5-3-4-6-11(10)14/h3-6,9H,7-8H2,1-2H3. The van der Waals surface area contributed by atoms with Crippen molar-refractivity contribution in [2.24, 2.45) is 0 Å². The third kappa shape index (κ3) is 4.14. The quantitative estimate of drug-likeness (QED) is 0.784. The molecule has 0 aliphatic carbocycles. The molecule has 4 nitrogen and oxygen atoms in total. The molecule has 1 aromatic carbocycles. The second-order valence-corrected chi connectivity index (χ2v) is 4.63. The van der Waals surface area contributed by atoms with Crippen molar-refractivity contribution in [3.63, 3.8) is 0 Å². The van der Waals surface area contributed by atoms with Gasteiger partial charge in [0.2, 0.25) is 0 Å². The van der Waals surface area contributed by atoms with E-state index in [1.807, 2.05) is 24.3 Å². The Labute approximate surface area is 114 Å². The van der Waals surface area contributed by atoms with Crippen LogP contribution in [0.1, 0.15) is 24.3 Å². The van der Waals surface area contributed by atoms with Gasteiger partial charge in [0.25, 0.3) is 0 Å². The number of benzene rings is 1. The second-order valence-electron chi connectivity index (χ2n) is 3.78. The summed E-state index contributed by atoms with van der Waals surface area (Å²) < 4.78 is 10.2. The smallest absolute Gasteiger partial charge is 0.306 e. The largest absolute Gasteiger partial charge is 0.469 e. The number of esters is 2. The molecule has 0 bridgehead atoms. The molecule has 0 aliphatic heterocycles. The first-order chi connectivity index (χ1) is 8.58. The first kappa shape index (κ1) is 14.7. The van der Waals surface area contributed by atoms with Crippen molar-refractivity contribution in [1.82, 2.24) is 0 Å². The average Bonchev–Trinajstić information content (AvgIpc) is 2.38. The van der Waals surface area contributed by atoms with Crippen molar-refractivity contribution in [2.45, 2.75) is 18.8 Å². The molecule has 0 amide bonds. The third-order valence-electron chi connectivity index (χ3n) is 2.63. The number of carbonyl (C=O) groups excluding carboxylic acids is 2. The van der Waals surface area contributed by atoms with E-state index in [4.69, 9.17) is 0 Å². The Bertz CT molecular complexity index is 413. The Hall–Kier alpha value is -1.36. The van der Waals surface area contributed by atoms with E-state index in [1.165, 1.54) is 14.2 Å². The van der Waals surface area contributed by atoms with Crippen LogP contribution in [0.15, 0.2) is 28.7 Å². The molecule has 0 spiro atoms. The van der Waals surface area contributed by atoms with Crippen LogP contribution in [-0.4, -0.2) is 26.2 Å². The van der Waals surface area contributed by atoms with Gasteiger partial charge >= 0.3 is 11.9 Å². The molecule has 0 atom stereocenters. The van der Waals surface area contributed by atoms with Gasteiger partial charge in [0.05, 0.1) is 27.1 Å². The maximum Gasteiger partial charge on any atom is 0.306 e. The summed E-state index contributed by atoms with van der Waals surface area (Å²) in [5.74, 6) is -0.945. The molecule has 0 saturated heterocycles. The summed E-state index contributed by atoms with van der Waals surface area (Å²) in [5, 5.41) is 0. The minimum Gasteiger partial charge on any atom is -0.469 e. The molecule has 0 heterocycles. The SMILES string of the molecule is COC(=O)CC(CC(=O)OC)c1ccccc1Br. The molecule has 1 rings (SSSR count). The maximum absolute atomic E-state index is 11.4. The minimum absolute atomic E-state index is 0.147. The summed E-state index contributed by atoms with van der Waals surface area (Å²) in [5.41, 5.74) is 0.897. The summed E-state index contributed by atoms with van der Waals surface area (Å²) in [6.07, 6.45) is 0.294. The Kier molecular flexibility index (Phi) is 5.85. The number of ether oxygens (including phenoxy) is 2. The average molecular weight is 315 g/mol. The molecule has 98 valence electrons. The highest BCUT2D eigenvalue weighted by Gasteiger charge is 2.22. The molecule has 0 radical (unpaired) electrons. The van der Waals surface area contributed by atoms with Crippen LogP contribution in [0.4, 0.5) is 0 Å². The van der Waals surface area contributed by atoms with Gasteiger partial charge in [-0.2, -0.15) is 0 Å². The first-order valence-electron chi connectivity index (χ1n) is 5.46. The van der Waals surface area contributed by atoms with Gasteiger partial charge < -0.3 is 9.47 Å². The molecular formula is C13H15BrO4. The predicted molar refractivity (Wildman–Crippen MR) is 70.1 cm³/mol. The van der Waals surface area contributed by atoms with Gasteiger partial charge in [0.15, 0.2) is 0 Å². The van der Waals surface area contributed by atoms with Gasteiger partial charge in [-0.15, -0.1) is 0 Å². The van der Waals surface area contributed by atoms with Crippen molar-refractivity contribution in [3.8, 4) is 0 Å². The number of halogens is 1. The number of carbonyl (C=O) groups is 2. The van der Waals surface area contributed by atoms with Gasteiger partial charge in [0, 0.05) is 10.4 Å². The van der Waals surface area contributed by atoms with Crippen LogP contribution in [0, 0.1) is 0 Å². The lowest BCUT2D eigenvalue weighted by Crippen LogP contribution is -2.14. The van der Waals surface area contributed by atoms with Gasteiger partial charge in [0.1, 0.15) is 0 Å². The van der Waals surface area contributed by atoms with E-state index in [9.17, 15) is 9.59 Å². The lowest BCUT2D eigenvalue weighted by molar-refractivity contribution is -0.143. The lowest BCUT2D eigenvalue weighted by Gasteiger charge is -2.16. The predicted octanol–water partition coefficient (Wildman–Crippen LogP) is 2.66. The van der Waals surface area contributed by atoms with E-state index in [2.05, 4.69) is 25.4 Å². The van der Waals surface area contributed by atoms with Crippen LogP contribution in [0.3, 0.4) is 0 Å². The van der Waals surface area contributed by atoms with Crippen molar-refractivity contribution in [3.05, 3.63) is 34.3 Å². The minimum atomic E-state index is -0.348. The Morgan fingerprint density at radius 2 is 1.61 bits per heavy atom. The fraction of sp³-hybridized carbons (Fsp3) is 0.385. The molecule has 18 heavy (non-hydrogen) atoms. The van der Waals surface area contributed by atoms with Crippen LogP contribution in [0.2, 0.25) is 0 Å². The molecular weight excluding hydrogens is 300 g/mol. The number of hydrogen-bond acceptors (Lipinski definition) is 4. The van der Waals surface area contributed by atoms with E-state index in [0.717, 1.165) is 10.0 Å². The van der Waals surface area contributed by atoms with Crippen LogP contribution in [0.25, 0.3) is 0 Å². The zero-order valence-corrected chi connectivity index (χ0v) is 11.9. The van der Waals surface area contributed by atoms with Crippen LogP contribution in [0.5, 0.6) is 0 Å². The van der Waals surface area contributed by atoms with E-state index in [-0.39, 0.29) is 30.7 Å². The van der Waals surface area contributed by atoms with Crippen LogP contribution >= 0.6 is 15.9 Å². The summed E-state index contributed by atoms with van der Waals surface area (Å²) in [6, 6.07) is 7.49. The van der Waals surface area contributed by atoms with Gasteiger partial charge in [-0.05, 0) is 11.6 Å². The van der Waals surface area contributed by atoms with Crippen molar-refractivity contribution < 1.29 is 19.1 Å². The Balaban J connectivity index is 2.93. The molecule has 0 N–H and O–H groups in total. The molecule has 0 fully saturated rings. The van der Waals surface area contributed by atoms with Gasteiger partial charge in [-0.25, -0.2) is 0 Å². The monoisotopic (exact) mass is 314 g/mol. The fourth-order valence-corrected chi connectivity index (χ4v) is 2.28. The zero-order valence-electron chi connectivity index (χ0n) is 10.3. The summed E-state index contributed by atoms with van der Waals surface area (Å²) in [6.45, 7) is 0. The van der Waals surface area contributed by atoms with Gasteiger partial charge in [-0.3, -0.25) is 9.59 Å². The number of rotatable bonds is 5. The summed E-state index contributed by atoms with van der Waals surface area (Å²) in [7, 11) is 2.66. The van der Waals surface area contributed by atoms with Gasteiger partial charge in [-0.1, -0.05) is 34.1 Å². The van der Waals surface area contributed by atoms with E-state index in [0.29, 0.717) is 0 Å². The maximum atomic E-state index is 11.4. The third-order valence-corrected chi connectivity index (χ3v) is 3.35. The van der Waals surface area contributed by atoms with E-state index in [1.54, 1.807) is 0 Å². The lowest BCUT2D eigenvalue weighted by atomic mass is 9.92. The topological polar surface area (TPSA) is 52.6 Å². The zero-order chi connectivity index (χ0) is 13.5. The van der Waals surface area contributed by atoms with Crippen LogP contribution < -0.4 is 0 Å². The molecule has 0 aromatic heterocycles. The highest BCUT2D eigenvalue weighted by atomic mass is 79.9. The molecule has 0 unspecified atom stereocenters. The van der Waals surface area contributed by atoms with Crippen molar-refractivity contribution in [1.29, 1.82) is 0 Å². The number of hydrogen-bond donors (Lipinski definition) is 0. The molecule has 5 heteroatoms.